The Bertz CT molecular complexity index is 6100. The van der Waals surface area contributed by atoms with Crippen LogP contribution in [0.4, 0.5) is 72.0 Å². The van der Waals surface area contributed by atoms with Gasteiger partial charge in [0.05, 0.1) is 114 Å². The first kappa shape index (κ1) is 117. The molecule has 0 saturated heterocycles. The van der Waals surface area contributed by atoms with Crippen molar-refractivity contribution in [3.63, 3.8) is 0 Å². The summed E-state index contributed by atoms with van der Waals surface area (Å²) >= 11 is 0. The van der Waals surface area contributed by atoms with Gasteiger partial charge >= 0.3 is 65.8 Å². The predicted molar refractivity (Wildman–Crippen MR) is 516 cm³/mol. The van der Waals surface area contributed by atoms with E-state index in [-0.39, 0.29) is 25.9 Å². The van der Waals surface area contributed by atoms with Gasteiger partial charge in [0, 0.05) is 162 Å². The van der Waals surface area contributed by atoms with Gasteiger partial charge in [-0.05, 0) is 204 Å². The molecule has 13 aromatic rings. The summed E-state index contributed by atoms with van der Waals surface area (Å²) in [5, 5.41) is 5.35. The van der Waals surface area contributed by atoms with Gasteiger partial charge in [-0.1, -0.05) is 12.1 Å². The first-order valence-electron chi connectivity index (χ1n) is 43.1. The monoisotopic (exact) mass is 1980 g/mol. The maximum atomic E-state index is 9.84. The molecule has 0 aliphatic carbocycles. The third-order valence-corrected chi connectivity index (χ3v) is 22.5. The van der Waals surface area contributed by atoms with E-state index in [9.17, 15) is 54.9 Å². The van der Waals surface area contributed by atoms with Crippen LogP contribution >= 0.6 is 16.3 Å². The Balaban J connectivity index is 0.000000374. The fourth-order valence-electron chi connectivity index (χ4n) is 16.9. The zero-order valence-electron chi connectivity index (χ0n) is 82.4. The molecule has 38 heteroatoms. The van der Waals surface area contributed by atoms with Crippen LogP contribution in [0.25, 0.3) is 55.0 Å². The number of hydrogen-bond donors (Lipinski definition) is 0. The van der Waals surface area contributed by atoms with Crippen LogP contribution in [0, 0.1) is 55.4 Å². The molecule has 0 spiro atoms. The van der Waals surface area contributed by atoms with Gasteiger partial charge in [0.15, 0.2) is 0 Å². The molecule has 137 heavy (non-hydrogen) atoms. The van der Waals surface area contributed by atoms with Crippen LogP contribution in [0.2, 0.25) is 0 Å². The van der Waals surface area contributed by atoms with Crippen molar-refractivity contribution in [1.29, 1.82) is 0 Å². The van der Waals surface area contributed by atoms with Gasteiger partial charge in [0.1, 0.15) is 116 Å². The minimum atomic E-state index is -8.55. The minimum absolute atomic E-state index is 0. The van der Waals surface area contributed by atoms with Crippen molar-refractivity contribution in [1.82, 2.24) is 4.58 Å². The number of hydrogen-bond acceptors (Lipinski definition) is 18. The molecule has 0 radical (unpaired) electrons. The minimum Gasteiger partial charge on any atom is -1.00 e. The summed E-state index contributed by atoms with van der Waals surface area (Å²) in [7, 11) is -0.617. The Hall–Kier alpha value is -11.9. The second kappa shape index (κ2) is 50.4. The van der Waals surface area contributed by atoms with Gasteiger partial charge in [-0.3, -0.25) is 12.9 Å². The van der Waals surface area contributed by atoms with E-state index in [2.05, 4.69) is 195 Å². The zero-order chi connectivity index (χ0) is 100. The summed E-state index contributed by atoms with van der Waals surface area (Å²) in [5.74, 6) is 8.37. The molecule has 0 aliphatic rings. The Morgan fingerprint density at radius 1 is 0.270 bits per heavy atom. The van der Waals surface area contributed by atoms with Crippen LogP contribution < -0.4 is 95.6 Å². The van der Waals surface area contributed by atoms with E-state index in [0.29, 0.717) is 23.0 Å². The number of methoxy groups -OCH3 is 12. The summed E-state index contributed by atoms with van der Waals surface area (Å²) in [6.07, 6.45) is 0. The quantitative estimate of drug-likeness (QED) is 0.00826. The molecule has 0 bridgehead atoms. The molecule has 2 atom stereocenters. The average Bonchev–Trinajstić information content (AvgIpc) is 0.698. The third kappa shape index (κ3) is 30.0. The first-order chi connectivity index (χ1) is 63.1. The molecular formula is C99H123BF16N4O15P2-2. The van der Waals surface area contributed by atoms with E-state index in [1.807, 2.05) is 62.4 Å². The molecule has 2 unspecified atom stereocenters. The van der Waals surface area contributed by atoms with Gasteiger partial charge in [0.2, 0.25) is 5.36 Å². The maximum Gasteiger partial charge on any atom is -1.00 e. The molecule has 10 aromatic carbocycles. The standard InChI is InChI=1S/C34H48N2O4.C28H29N2O3.C28H34O6.C9H12O2.BF3.2F5P.3FH/c1-12-35(13-2)25-18-24(7)32(28(19-25)38-9)34(31-23(6)16-22(5)17-27(31)37-8)33-29(39-10)20-26(21-30(33)40-11)36(14-3)15-4;1-6-29(7-2)17-12-21-26-23(14-17)33-24-15-18(30(8-3)9-4)13-22-27(24)28(26)25-19(31-21)10-16(5)11-20(25)32-22;1-16-10-17(2)25(21(11-16)31-6)28(26-18(3)12-19(29-4)13-22(26)32-7)27-23(33-8)14-20(30-5)15-24(27)34-9;1-7-4-8(10-2)6-9(5-7)11-3;2-1(3)4;2*1-6(2,3,4)5;;;/h16-21,34H,12-15H2,1-11H3;10-15H,6-9H2,1-5H3;10-15,28H,1-9H3;4-6H,1-3H3;;;;3*1H/q;+1;;;;;;;;/p-3. The van der Waals surface area contributed by atoms with Crippen LogP contribution in [0.15, 0.2) is 141 Å². The molecule has 3 heterocycles. The van der Waals surface area contributed by atoms with Gasteiger partial charge < -0.3 is 98.9 Å². The van der Waals surface area contributed by atoms with Crippen molar-refractivity contribution in [2.24, 2.45) is 0 Å². The molecule has 756 valence electrons. The molecule has 3 aromatic heterocycles. The van der Waals surface area contributed by atoms with Gasteiger partial charge in [-0.15, -0.1) is 0 Å². The summed E-state index contributed by atoms with van der Waals surface area (Å²) in [6.45, 7) is 41.3. The smallest absolute Gasteiger partial charge is 1.00 e. The summed E-state index contributed by atoms with van der Waals surface area (Å²) in [4.78, 5) is 6.96. The zero-order valence-corrected chi connectivity index (χ0v) is 84.2. The third-order valence-electron chi connectivity index (χ3n) is 22.5. The summed E-state index contributed by atoms with van der Waals surface area (Å²) in [5.41, 5.74) is 23.2. The van der Waals surface area contributed by atoms with Gasteiger partial charge in [0.25, 0.3) is 0 Å². The fraction of sp³-hybridized carbons (Fsp3) is 0.384. The first-order valence-corrected chi connectivity index (χ1v) is 46.5. The van der Waals surface area contributed by atoms with E-state index in [1.165, 1.54) is 0 Å². The number of rotatable bonds is 29. The number of benzene rings is 10. The van der Waals surface area contributed by atoms with Crippen molar-refractivity contribution in [3.05, 3.63) is 211 Å². The van der Waals surface area contributed by atoms with Crippen LogP contribution in [0.5, 0.6) is 69.0 Å². The molecule has 0 aliphatic heterocycles. The number of aryl methyl sites for hydroxylation is 8. The van der Waals surface area contributed by atoms with Gasteiger partial charge in [-0.2, -0.15) is 0 Å². The normalized spacial score (nSPS) is 11.9. The van der Waals surface area contributed by atoms with E-state index in [1.54, 1.807) is 85.3 Å². The van der Waals surface area contributed by atoms with E-state index >= 15 is 0 Å². The summed E-state index contributed by atoms with van der Waals surface area (Å²) < 4.78 is 218. The molecule has 0 saturated carbocycles. The molecule has 0 amide bonds. The topological polar surface area (TPSA) is 163 Å². The molecular weight excluding hydrogens is 1860 g/mol. The second-order valence-corrected chi connectivity index (χ2v) is 33.5. The Labute approximate surface area is 790 Å². The van der Waals surface area contributed by atoms with Crippen LogP contribution in [0.1, 0.15) is 145 Å². The number of nitrogens with zero attached hydrogens (tertiary/aromatic N) is 4. The molecule has 0 fully saturated rings. The summed E-state index contributed by atoms with van der Waals surface area (Å²) in [6, 6.07) is 43.4. The largest absolute Gasteiger partial charge is 1.00 e. The number of ether oxygens (including phenoxy) is 12. The van der Waals surface area contributed by atoms with Gasteiger partial charge in [-0.25, -0.2) is 4.58 Å². The van der Waals surface area contributed by atoms with Crippen molar-refractivity contribution in [2.45, 2.75) is 123 Å². The van der Waals surface area contributed by atoms with E-state index < -0.39 is 23.9 Å². The predicted octanol–water partition coefficient (Wildman–Crippen LogP) is 19.8. The maximum absolute atomic E-state index is 9.84. The van der Waals surface area contributed by atoms with Crippen LogP contribution in [-0.2, 0) is 0 Å². The van der Waals surface area contributed by atoms with Crippen molar-refractivity contribution >= 4 is 96.0 Å². The molecule has 19 nitrogen and oxygen atoms in total. The number of anilines is 3. The van der Waals surface area contributed by atoms with Crippen molar-refractivity contribution in [2.75, 3.05) is 152 Å². The van der Waals surface area contributed by atoms with Crippen molar-refractivity contribution < 1.29 is 139 Å². The average molecular weight is 1990 g/mol. The van der Waals surface area contributed by atoms with Crippen molar-refractivity contribution in [3.8, 4) is 69.0 Å². The Morgan fingerprint density at radius 3 is 0.781 bits per heavy atom. The van der Waals surface area contributed by atoms with E-state index in [0.717, 1.165) is 254 Å². The molecule has 13 rings (SSSR count). The Morgan fingerprint density at radius 2 is 0.489 bits per heavy atom. The Kier molecular flexibility index (Phi) is 43.2. The SMILES string of the molecule is CCN(CC)c1cc(C)c(C(c2c(C)cc(C)cc2OC)c2c(OC)cc(N(CC)CC)cc2OC)c(OC)c1.CCN(CC)c1cc2oc3cc(C)cc4oc5cc(=[N+](CC)CC)cc6oc(c1)c2c(c34)c56.COc1cc(C)c(C(c2c(C)cc(C)cc2OC)c2c(OC)cc(OC)cc2OC)c(OC)c1.COc1cc(C)cc(OC)c1.FB(F)F.FP(F)(F)(F)F.FP(F)(F)(F)F.[F-].[F-].[F-]. The van der Waals surface area contributed by atoms with Crippen LogP contribution in [0.3, 0.4) is 0 Å². The van der Waals surface area contributed by atoms with E-state index in [4.69, 9.17) is 70.1 Å². The number of halogens is 16. The molecule has 0 N–H and O–H groups in total. The van der Waals surface area contributed by atoms with Crippen LogP contribution in [-0.4, -0.2) is 145 Å². The fourth-order valence-corrected chi connectivity index (χ4v) is 16.9. The second-order valence-electron chi connectivity index (χ2n) is 31.0.